The number of amidine groups is 1. The van der Waals surface area contributed by atoms with E-state index in [1.807, 2.05) is 57.1 Å². The van der Waals surface area contributed by atoms with Crippen molar-refractivity contribution in [3.8, 4) is 0 Å². The number of thiocarbonyl (C=S) groups is 1. The van der Waals surface area contributed by atoms with Crippen molar-refractivity contribution in [3.63, 3.8) is 0 Å². The largest absolute Gasteiger partial charge is 0.366 e. The van der Waals surface area contributed by atoms with E-state index in [2.05, 4.69) is 4.99 Å². The predicted octanol–water partition coefficient (Wildman–Crippen LogP) is 2.65. The minimum Gasteiger partial charge on any atom is -0.366 e. The van der Waals surface area contributed by atoms with E-state index in [1.54, 1.807) is 0 Å². The quantitative estimate of drug-likeness (QED) is 0.411. The van der Waals surface area contributed by atoms with Crippen molar-refractivity contribution in [1.82, 2.24) is 4.90 Å². The van der Waals surface area contributed by atoms with Crippen LogP contribution in [0.1, 0.15) is 18.1 Å². The zero-order valence-electron chi connectivity index (χ0n) is 9.61. The molecule has 0 atom stereocenters. The van der Waals surface area contributed by atoms with Crippen LogP contribution in [-0.4, -0.2) is 29.8 Å². The number of aryl methyl sites for hydroxylation is 1. The van der Waals surface area contributed by atoms with Gasteiger partial charge in [-0.1, -0.05) is 36.5 Å². The van der Waals surface area contributed by atoms with Gasteiger partial charge in [0.2, 0.25) is 0 Å². The Bertz CT molecular complexity index is 394. The van der Waals surface area contributed by atoms with Gasteiger partial charge in [0, 0.05) is 19.7 Å². The van der Waals surface area contributed by atoms with Crippen molar-refractivity contribution in [2.45, 2.75) is 13.8 Å². The zero-order valence-corrected chi connectivity index (χ0v) is 10.4. The molecule has 1 rings (SSSR count). The molecule has 0 spiro atoms. The van der Waals surface area contributed by atoms with Gasteiger partial charge in [-0.2, -0.15) is 0 Å². The fraction of sp³-hybridized carbons (Fsp3) is 0.333. The minimum absolute atomic E-state index is 0.652. The second-order valence-electron chi connectivity index (χ2n) is 3.67. The Morgan fingerprint density at radius 3 is 2.40 bits per heavy atom. The molecule has 0 unspecified atom stereocenters. The molecule has 0 aliphatic rings. The van der Waals surface area contributed by atoms with Gasteiger partial charge in [0.25, 0.3) is 0 Å². The molecule has 1 aromatic carbocycles. The molecule has 0 amide bonds. The molecular weight excluding hydrogens is 204 g/mol. The highest BCUT2D eigenvalue weighted by molar-refractivity contribution is 7.80. The Balaban J connectivity index is 2.97. The van der Waals surface area contributed by atoms with E-state index in [1.165, 1.54) is 0 Å². The fourth-order valence-electron chi connectivity index (χ4n) is 1.12. The van der Waals surface area contributed by atoms with Gasteiger partial charge in [-0.05, 0) is 19.4 Å². The molecule has 15 heavy (non-hydrogen) atoms. The third-order valence-electron chi connectivity index (χ3n) is 2.29. The second kappa shape index (κ2) is 5.03. The van der Waals surface area contributed by atoms with Crippen molar-refractivity contribution in [1.29, 1.82) is 0 Å². The number of nitrogens with zero attached hydrogens (tertiary/aromatic N) is 2. The molecule has 2 nitrogen and oxygen atoms in total. The van der Waals surface area contributed by atoms with Gasteiger partial charge in [0.05, 0.1) is 0 Å². The zero-order chi connectivity index (χ0) is 11.4. The van der Waals surface area contributed by atoms with Gasteiger partial charge in [-0.25, -0.2) is 4.99 Å². The Labute approximate surface area is 96.6 Å². The maximum Gasteiger partial charge on any atom is 0.135 e. The van der Waals surface area contributed by atoms with E-state index < -0.39 is 0 Å². The number of aliphatic imine (C=N–C) groups is 1. The summed E-state index contributed by atoms with van der Waals surface area (Å²) >= 11 is 5.29. The first-order valence-electron chi connectivity index (χ1n) is 4.85. The summed E-state index contributed by atoms with van der Waals surface area (Å²) in [6.45, 7) is 3.99. The Kier molecular flexibility index (Phi) is 3.97. The first-order valence-corrected chi connectivity index (χ1v) is 5.25. The molecule has 0 heterocycles. The molecule has 0 aliphatic heterocycles. The second-order valence-corrected chi connectivity index (χ2v) is 4.06. The van der Waals surface area contributed by atoms with Crippen LogP contribution in [-0.2, 0) is 0 Å². The Morgan fingerprint density at radius 1 is 1.27 bits per heavy atom. The number of rotatable bonds is 1. The third-order valence-corrected chi connectivity index (χ3v) is 2.60. The number of benzene rings is 1. The van der Waals surface area contributed by atoms with E-state index in [-0.39, 0.29) is 0 Å². The molecule has 0 radical (unpaired) electrons. The summed E-state index contributed by atoms with van der Waals surface area (Å²) in [5.41, 5.74) is 2.20. The van der Waals surface area contributed by atoms with Crippen LogP contribution in [0, 0.1) is 6.92 Å². The lowest BCUT2D eigenvalue weighted by atomic mass is 10.1. The van der Waals surface area contributed by atoms with Crippen LogP contribution < -0.4 is 0 Å². The van der Waals surface area contributed by atoms with Crippen molar-refractivity contribution in [2.75, 3.05) is 14.1 Å². The average molecular weight is 220 g/mol. The summed E-state index contributed by atoms with van der Waals surface area (Å²) in [5.74, 6) is 0.920. The van der Waals surface area contributed by atoms with E-state index in [0.29, 0.717) is 4.99 Å². The topological polar surface area (TPSA) is 15.6 Å². The van der Waals surface area contributed by atoms with E-state index in [0.717, 1.165) is 17.0 Å². The lowest BCUT2D eigenvalue weighted by molar-refractivity contribution is 0.620. The summed E-state index contributed by atoms with van der Waals surface area (Å²) in [7, 11) is 3.92. The van der Waals surface area contributed by atoms with Crippen molar-refractivity contribution < 1.29 is 0 Å². The van der Waals surface area contributed by atoms with Crippen LogP contribution in [0.4, 0.5) is 0 Å². The first-order chi connectivity index (χ1) is 7.02. The standard InChI is InChI=1S/C12H16N2S/c1-9-7-5-6-8-11(9)12(15)13-10(2)14(3)4/h5-8H,1-4H3/b13-10+. The lowest BCUT2D eigenvalue weighted by Gasteiger charge is -2.11. The number of hydrogen-bond donors (Lipinski definition) is 0. The van der Waals surface area contributed by atoms with Crippen LogP contribution in [0.2, 0.25) is 0 Å². The number of hydrogen-bond acceptors (Lipinski definition) is 1. The van der Waals surface area contributed by atoms with Crippen LogP contribution in [0.5, 0.6) is 0 Å². The highest BCUT2D eigenvalue weighted by Crippen LogP contribution is 2.09. The van der Waals surface area contributed by atoms with Crippen LogP contribution >= 0.6 is 12.2 Å². The third kappa shape index (κ3) is 3.13. The minimum atomic E-state index is 0.652. The molecule has 0 N–H and O–H groups in total. The average Bonchev–Trinajstić information content (AvgIpc) is 2.18. The molecule has 1 aromatic rings. The van der Waals surface area contributed by atoms with Gasteiger partial charge in [0.15, 0.2) is 0 Å². The normalized spacial score (nSPS) is 11.3. The monoisotopic (exact) mass is 220 g/mol. The maximum absolute atomic E-state index is 5.29. The van der Waals surface area contributed by atoms with Crippen LogP contribution in [0.15, 0.2) is 29.3 Å². The lowest BCUT2D eigenvalue weighted by Crippen LogP contribution is -2.19. The molecule has 0 saturated carbocycles. The van der Waals surface area contributed by atoms with E-state index in [4.69, 9.17) is 12.2 Å². The predicted molar refractivity (Wildman–Crippen MR) is 69.7 cm³/mol. The van der Waals surface area contributed by atoms with Crippen molar-refractivity contribution in [3.05, 3.63) is 35.4 Å². The fourth-order valence-corrected chi connectivity index (χ4v) is 1.48. The van der Waals surface area contributed by atoms with Crippen LogP contribution in [0.3, 0.4) is 0 Å². The highest BCUT2D eigenvalue weighted by Gasteiger charge is 2.03. The molecule has 3 heteroatoms. The molecular formula is C12H16N2S. The molecule has 0 aromatic heterocycles. The van der Waals surface area contributed by atoms with Gasteiger partial charge >= 0.3 is 0 Å². The molecule has 0 fully saturated rings. The molecule has 80 valence electrons. The van der Waals surface area contributed by atoms with Crippen molar-refractivity contribution in [2.24, 2.45) is 4.99 Å². The summed E-state index contributed by atoms with van der Waals surface area (Å²) in [6.07, 6.45) is 0. The molecule has 0 saturated heterocycles. The van der Waals surface area contributed by atoms with Gasteiger partial charge in [-0.3, -0.25) is 0 Å². The van der Waals surface area contributed by atoms with Crippen LogP contribution in [0.25, 0.3) is 0 Å². The molecule has 0 aliphatic carbocycles. The first kappa shape index (κ1) is 11.9. The summed E-state index contributed by atoms with van der Waals surface area (Å²) in [5, 5.41) is 0. The summed E-state index contributed by atoms with van der Waals surface area (Å²) < 4.78 is 0. The van der Waals surface area contributed by atoms with Gasteiger partial charge < -0.3 is 4.90 Å². The Morgan fingerprint density at radius 2 is 1.87 bits per heavy atom. The SMILES string of the molecule is C/C(=N\C(=S)c1ccccc1C)N(C)C. The van der Waals surface area contributed by atoms with E-state index >= 15 is 0 Å². The molecule has 0 bridgehead atoms. The Hall–Kier alpha value is -1.22. The highest BCUT2D eigenvalue weighted by atomic mass is 32.1. The smallest absolute Gasteiger partial charge is 0.135 e. The van der Waals surface area contributed by atoms with Crippen molar-refractivity contribution >= 4 is 23.0 Å². The van der Waals surface area contributed by atoms with Gasteiger partial charge in [-0.15, -0.1) is 0 Å². The van der Waals surface area contributed by atoms with Gasteiger partial charge in [0.1, 0.15) is 10.8 Å². The summed E-state index contributed by atoms with van der Waals surface area (Å²) in [6, 6.07) is 8.03. The summed E-state index contributed by atoms with van der Waals surface area (Å²) in [4.78, 5) is 6.98. The van der Waals surface area contributed by atoms with E-state index in [9.17, 15) is 0 Å². The maximum atomic E-state index is 5.29.